The second-order valence-corrected chi connectivity index (χ2v) is 8.19. The van der Waals surface area contributed by atoms with E-state index in [1.54, 1.807) is 13.3 Å². The van der Waals surface area contributed by atoms with Crippen molar-refractivity contribution < 1.29 is 9.53 Å². The molecule has 2 aromatic heterocycles. The topological polar surface area (TPSA) is 80.2 Å². The Balaban J connectivity index is 1.46. The number of nitrogens with zero attached hydrogens (tertiary/aromatic N) is 4. The van der Waals surface area contributed by atoms with E-state index >= 15 is 0 Å². The molecule has 0 bridgehead atoms. The lowest BCUT2D eigenvalue weighted by molar-refractivity contribution is -0.120. The first kappa shape index (κ1) is 22.4. The molecule has 0 aliphatic heterocycles. The number of anilines is 1. The van der Waals surface area contributed by atoms with Gasteiger partial charge < -0.3 is 15.0 Å². The van der Waals surface area contributed by atoms with Crippen LogP contribution >= 0.6 is 11.5 Å². The van der Waals surface area contributed by atoms with E-state index in [0.29, 0.717) is 24.6 Å². The van der Waals surface area contributed by atoms with E-state index in [1.807, 2.05) is 77.7 Å². The van der Waals surface area contributed by atoms with Crippen LogP contribution in [0.3, 0.4) is 0 Å². The highest BCUT2D eigenvalue weighted by molar-refractivity contribution is 7.09. The smallest absolute Gasteiger partial charge is 0.239 e. The molecule has 4 rings (SSSR count). The molecule has 1 N–H and O–H groups in total. The number of nitrogens with one attached hydrogen (secondary N) is 1. The van der Waals surface area contributed by atoms with Crippen molar-refractivity contribution in [1.82, 2.24) is 19.7 Å². The third-order valence-corrected chi connectivity index (χ3v) is 5.78. The quantitative estimate of drug-likeness (QED) is 0.388. The van der Waals surface area contributed by atoms with Gasteiger partial charge in [0, 0.05) is 30.7 Å². The second-order valence-electron chi connectivity index (χ2n) is 7.46. The number of amides is 1. The van der Waals surface area contributed by atoms with E-state index in [0.717, 1.165) is 28.4 Å². The van der Waals surface area contributed by atoms with Crippen LogP contribution in [0.2, 0.25) is 0 Å². The normalized spacial score (nSPS) is 10.6. The van der Waals surface area contributed by atoms with Gasteiger partial charge in [0.15, 0.2) is 0 Å². The molecular formula is C25H25N5O2S. The first-order valence-corrected chi connectivity index (χ1v) is 11.4. The Bertz CT molecular complexity index is 1170. The van der Waals surface area contributed by atoms with Crippen LogP contribution in [0.25, 0.3) is 0 Å². The average molecular weight is 460 g/mol. The molecule has 168 valence electrons. The first-order chi connectivity index (χ1) is 16.2. The van der Waals surface area contributed by atoms with E-state index in [2.05, 4.69) is 14.7 Å². The molecule has 33 heavy (non-hydrogen) atoms. The van der Waals surface area contributed by atoms with E-state index in [-0.39, 0.29) is 12.5 Å². The van der Waals surface area contributed by atoms with Crippen molar-refractivity contribution in [1.29, 1.82) is 0 Å². The Labute approximate surface area is 197 Å². The van der Waals surface area contributed by atoms with Gasteiger partial charge in [-0.3, -0.25) is 9.78 Å². The maximum atomic E-state index is 12.7. The molecule has 0 fully saturated rings. The summed E-state index contributed by atoms with van der Waals surface area (Å²) in [5, 5.41) is 3.66. The zero-order chi connectivity index (χ0) is 22.9. The van der Waals surface area contributed by atoms with Gasteiger partial charge in [-0.2, -0.15) is 4.37 Å². The van der Waals surface area contributed by atoms with Crippen molar-refractivity contribution in [3.05, 3.63) is 102 Å². The van der Waals surface area contributed by atoms with E-state index < -0.39 is 0 Å². The van der Waals surface area contributed by atoms with Crippen molar-refractivity contribution in [2.75, 3.05) is 18.6 Å². The monoisotopic (exact) mass is 459 g/mol. The molecule has 0 spiro atoms. The molecule has 0 aliphatic carbocycles. The van der Waals surface area contributed by atoms with Crippen LogP contribution in [0.5, 0.6) is 5.75 Å². The average Bonchev–Trinajstić information content (AvgIpc) is 3.32. The fourth-order valence-corrected chi connectivity index (χ4v) is 4.01. The Morgan fingerprint density at radius 1 is 1.03 bits per heavy atom. The first-order valence-electron chi connectivity index (χ1n) is 10.6. The summed E-state index contributed by atoms with van der Waals surface area (Å²) in [5.74, 6) is 1.43. The van der Waals surface area contributed by atoms with Crippen LogP contribution < -0.4 is 15.0 Å². The predicted molar refractivity (Wildman–Crippen MR) is 129 cm³/mol. The number of carbonyl (C=O) groups is 1. The molecule has 0 saturated carbocycles. The molecular weight excluding hydrogens is 434 g/mol. The Morgan fingerprint density at radius 2 is 1.85 bits per heavy atom. The van der Waals surface area contributed by atoms with Crippen molar-refractivity contribution in [3.8, 4) is 5.75 Å². The third-order valence-electron chi connectivity index (χ3n) is 4.97. The van der Waals surface area contributed by atoms with E-state index in [1.165, 1.54) is 11.5 Å². The molecule has 7 nitrogen and oxygen atoms in total. The van der Waals surface area contributed by atoms with Crippen LogP contribution in [0.1, 0.15) is 22.6 Å². The summed E-state index contributed by atoms with van der Waals surface area (Å²) < 4.78 is 9.84. The molecule has 0 radical (unpaired) electrons. The Kier molecular flexibility index (Phi) is 7.60. The summed E-state index contributed by atoms with van der Waals surface area (Å²) >= 11 is 1.30. The van der Waals surface area contributed by atoms with Gasteiger partial charge in [0.1, 0.15) is 11.6 Å². The fourth-order valence-electron chi connectivity index (χ4n) is 3.33. The minimum Gasteiger partial charge on any atom is -0.497 e. The van der Waals surface area contributed by atoms with Crippen molar-refractivity contribution >= 4 is 22.6 Å². The van der Waals surface area contributed by atoms with Gasteiger partial charge in [-0.25, -0.2) is 4.98 Å². The molecule has 0 saturated heterocycles. The lowest BCUT2D eigenvalue weighted by Gasteiger charge is -2.21. The summed E-state index contributed by atoms with van der Waals surface area (Å²) in [7, 11) is 1.65. The summed E-state index contributed by atoms with van der Waals surface area (Å²) in [5.41, 5.74) is 2.98. The zero-order valence-corrected chi connectivity index (χ0v) is 19.2. The second kappa shape index (κ2) is 11.2. The largest absolute Gasteiger partial charge is 0.497 e. The molecule has 0 atom stereocenters. The molecule has 2 heterocycles. The number of aromatic nitrogens is 3. The highest BCUT2D eigenvalue weighted by Crippen LogP contribution is 2.22. The third kappa shape index (κ3) is 6.60. The SMILES string of the molecule is COc1cccc(Cc2nsc(N(CC(=O)NCc3ccccn3)Cc3ccccc3)n2)c1. The Hall–Kier alpha value is -3.78. The number of methoxy groups -OCH3 is 1. The van der Waals surface area contributed by atoms with Crippen LogP contribution in [-0.2, 0) is 24.3 Å². The predicted octanol–water partition coefficient (Wildman–Crippen LogP) is 3.86. The minimum absolute atomic E-state index is 0.0962. The van der Waals surface area contributed by atoms with E-state index in [9.17, 15) is 4.79 Å². The number of hydrogen-bond acceptors (Lipinski definition) is 7. The number of benzene rings is 2. The van der Waals surface area contributed by atoms with Crippen LogP contribution in [0.15, 0.2) is 79.0 Å². The van der Waals surface area contributed by atoms with Crippen molar-refractivity contribution in [2.24, 2.45) is 0 Å². The lowest BCUT2D eigenvalue weighted by Crippen LogP contribution is -2.36. The van der Waals surface area contributed by atoms with Gasteiger partial charge in [-0.1, -0.05) is 48.5 Å². The van der Waals surface area contributed by atoms with Gasteiger partial charge in [0.2, 0.25) is 11.0 Å². The maximum Gasteiger partial charge on any atom is 0.239 e. The van der Waals surface area contributed by atoms with Gasteiger partial charge in [-0.15, -0.1) is 0 Å². The van der Waals surface area contributed by atoms with Crippen LogP contribution in [-0.4, -0.2) is 33.9 Å². The van der Waals surface area contributed by atoms with Crippen LogP contribution in [0, 0.1) is 0 Å². The lowest BCUT2D eigenvalue weighted by atomic mass is 10.1. The van der Waals surface area contributed by atoms with E-state index in [4.69, 9.17) is 9.72 Å². The standard InChI is InChI=1S/C25H25N5O2S/c1-32-22-12-7-10-20(14-22)15-23-28-25(33-29-23)30(17-19-8-3-2-4-9-19)18-24(31)27-16-21-11-5-6-13-26-21/h2-14H,15-18H2,1H3,(H,27,31). The molecule has 1 amide bonds. The Morgan fingerprint density at radius 3 is 2.64 bits per heavy atom. The zero-order valence-electron chi connectivity index (χ0n) is 18.3. The number of pyridine rings is 1. The summed E-state index contributed by atoms with van der Waals surface area (Å²) in [6.45, 7) is 1.12. The van der Waals surface area contributed by atoms with Crippen molar-refractivity contribution in [2.45, 2.75) is 19.5 Å². The molecule has 4 aromatic rings. The molecule has 0 aliphatic rings. The molecule has 2 aromatic carbocycles. The van der Waals surface area contributed by atoms with Gasteiger partial charge in [-0.05, 0) is 35.4 Å². The number of hydrogen-bond donors (Lipinski definition) is 1. The summed E-state index contributed by atoms with van der Waals surface area (Å²) in [6, 6.07) is 23.5. The van der Waals surface area contributed by atoms with Crippen molar-refractivity contribution in [3.63, 3.8) is 0 Å². The van der Waals surface area contributed by atoms with Crippen LogP contribution in [0.4, 0.5) is 5.13 Å². The summed E-state index contributed by atoms with van der Waals surface area (Å²) in [4.78, 5) is 23.7. The fraction of sp³-hybridized carbons (Fsp3) is 0.200. The van der Waals surface area contributed by atoms with Gasteiger partial charge in [0.25, 0.3) is 0 Å². The number of carbonyl (C=O) groups excluding carboxylic acids is 1. The number of rotatable bonds is 10. The maximum absolute atomic E-state index is 12.7. The summed E-state index contributed by atoms with van der Waals surface area (Å²) in [6.07, 6.45) is 2.31. The highest BCUT2D eigenvalue weighted by atomic mass is 32.1. The molecule has 0 unspecified atom stereocenters. The molecule has 8 heteroatoms. The van der Waals surface area contributed by atoms with Gasteiger partial charge >= 0.3 is 0 Å². The number of ether oxygens (including phenoxy) is 1. The minimum atomic E-state index is -0.0962. The van der Waals surface area contributed by atoms with Gasteiger partial charge in [0.05, 0.1) is 25.9 Å². The highest BCUT2D eigenvalue weighted by Gasteiger charge is 2.17.